The molecule has 1 saturated heterocycles. The highest BCUT2D eigenvalue weighted by Gasteiger charge is 2.27. The van der Waals surface area contributed by atoms with Crippen molar-refractivity contribution in [3.63, 3.8) is 0 Å². The maximum atomic E-state index is 12.3. The highest BCUT2D eigenvalue weighted by atomic mass is 16.5. The van der Waals surface area contributed by atoms with E-state index in [1.54, 1.807) is 18.7 Å². The third kappa shape index (κ3) is 3.53. The Morgan fingerprint density at radius 3 is 2.43 bits per heavy atom. The SMILES string of the molecule is Cc1noc(N)c1C(=O)O[C@@H](C)C(=O)N1CCCCCC1. The zero-order valence-electron chi connectivity index (χ0n) is 12.4. The summed E-state index contributed by atoms with van der Waals surface area (Å²) in [5.41, 5.74) is 5.97. The molecular weight excluding hydrogens is 274 g/mol. The molecule has 1 aliphatic heterocycles. The molecule has 0 spiro atoms. The monoisotopic (exact) mass is 295 g/mol. The van der Waals surface area contributed by atoms with Crippen LogP contribution in [0.4, 0.5) is 5.88 Å². The number of nitrogens with zero attached hydrogens (tertiary/aromatic N) is 2. The van der Waals surface area contributed by atoms with E-state index < -0.39 is 12.1 Å². The third-order valence-corrected chi connectivity index (χ3v) is 3.64. The van der Waals surface area contributed by atoms with Crippen molar-refractivity contribution in [2.24, 2.45) is 0 Å². The minimum atomic E-state index is -0.843. The minimum Gasteiger partial charge on any atom is -0.449 e. The van der Waals surface area contributed by atoms with Crippen LogP contribution in [-0.2, 0) is 9.53 Å². The van der Waals surface area contributed by atoms with Gasteiger partial charge in [0, 0.05) is 13.1 Å². The molecule has 116 valence electrons. The van der Waals surface area contributed by atoms with E-state index in [4.69, 9.17) is 15.0 Å². The number of rotatable bonds is 3. The molecule has 2 rings (SSSR count). The number of aryl methyl sites for hydroxylation is 1. The first-order chi connectivity index (χ1) is 10.0. The number of hydrogen-bond acceptors (Lipinski definition) is 6. The lowest BCUT2D eigenvalue weighted by Gasteiger charge is -2.23. The second-order valence-corrected chi connectivity index (χ2v) is 5.29. The summed E-state index contributed by atoms with van der Waals surface area (Å²) in [6.45, 7) is 4.60. The number of nitrogen functional groups attached to an aromatic ring is 1. The molecule has 0 aromatic carbocycles. The molecule has 0 unspecified atom stereocenters. The van der Waals surface area contributed by atoms with E-state index >= 15 is 0 Å². The zero-order chi connectivity index (χ0) is 15.4. The predicted molar refractivity (Wildman–Crippen MR) is 75.6 cm³/mol. The van der Waals surface area contributed by atoms with Crippen LogP contribution >= 0.6 is 0 Å². The summed E-state index contributed by atoms with van der Waals surface area (Å²) in [6, 6.07) is 0. The molecule has 1 aromatic heterocycles. The predicted octanol–water partition coefficient (Wildman–Crippen LogP) is 1.51. The number of aromatic nitrogens is 1. The van der Waals surface area contributed by atoms with Crippen LogP contribution in [0.5, 0.6) is 0 Å². The normalized spacial score (nSPS) is 17.1. The molecule has 1 atom stereocenters. The first kappa shape index (κ1) is 15.3. The second-order valence-electron chi connectivity index (χ2n) is 5.29. The van der Waals surface area contributed by atoms with Gasteiger partial charge in [-0.1, -0.05) is 18.0 Å². The van der Waals surface area contributed by atoms with Gasteiger partial charge in [0.2, 0.25) is 5.88 Å². The second kappa shape index (κ2) is 6.60. The Hall–Kier alpha value is -2.05. The van der Waals surface area contributed by atoms with Crippen LogP contribution in [0.3, 0.4) is 0 Å². The van der Waals surface area contributed by atoms with Crippen molar-refractivity contribution in [2.75, 3.05) is 18.8 Å². The molecule has 0 bridgehead atoms. The van der Waals surface area contributed by atoms with Gasteiger partial charge in [-0.3, -0.25) is 4.79 Å². The summed E-state index contributed by atoms with van der Waals surface area (Å²) < 4.78 is 9.93. The molecule has 2 N–H and O–H groups in total. The summed E-state index contributed by atoms with van der Waals surface area (Å²) in [7, 11) is 0. The Balaban J connectivity index is 1.98. The third-order valence-electron chi connectivity index (χ3n) is 3.64. The number of carbonyl (C=O) groups is 2. The number of nitrogens with two attached hydrogens (primary N) is 1. The molecule has 0 aliphatic carbocycles. The van der Waals surface area contributed by atoms with Crippen LogP contribution in [-0.4, -0.2) is 41.1 Å². The van der Waals surface area contributed by atoms with Crippen LogP contribution in [0.25, 0.3) is 0 Å². The fourth-order valence-corrected chi connectivity index (χ4v) is 2.45. The van der Waals surface area contributed by atoms with Gasteiger partial charge in [0.05, 0.1) is 5.69 Å². The van der Waals surface area contributed by atoms with Crippen molar-refractivity contribution < 1.29 is 18.8 Å². The molecule has 2 heterocycles. The molecule has 1 aliphatic rings. The average Bonchev–Trinajstić information content (AvgIpc) is 2.68. The quantitative estimate of drug-likeness (QED) is 0.849. The number of ether oxygens (including phenoxy) is 1. The van der Waals surface area contributed by atoms with E-state index in [1.807, 2.05) is 0 Å². The summed E-state index contributed by atoms with van der Waals surface area (Å²) in [6.07, 6.45) is 3.40. The molecule has 0 saturated carbocycles. The van der Waals surface area contributed by atoms with Crippen molar-refractivity contribution in [3.8, 4) is 0 Å². The van der Waals surface area contributed by atoms with Crippen LogP contribution in [0.1, 0.15) is 48.7 Å². The molecule has 7 heteroatoms. The van der Waals surface area contributed by atoms with Gasteiger partial charge < -0.3 is 19.9 Å². The van der Waals surface area contributed by atoms with Gasteiger partial charge in [-0.15, -0.1) is 0 Å². The fourth-order valence-electron chi connectivity index (χ4n) is 2.45. The Bertz CT molecular complexity index is 499. The highest BCUT2D eigenvalue weighted by molar-refractivity contribution is 5.96. The van der Waals surface area contributed by atoms with Gasteiger partial charge in [0.25, 0.3) is 5.91 Å². The van der Waals surface area contributed by atoms with Crippen LogP contribution < -0.4 is 5.73 Å². The molecule has 7 nitrogen and oxygen atoms in total. The first-order valence-electron chi connectivity index (χ1n) is 7.22. The van der Waals surface area contributed by atoms with Gasteiger partial charge >= 0.3 is 5.97 Å². The summed E-state index contributed by atoms with van der Waals surface area (Å²) in [4.78, 5) is 26.1. The Kier molecular flexibility index (Phi) is 4.82. The smallest absolute Gasteiger partial charge is 0.346 e. The van der Waals surface area contributed by atoms with Gasteiger partial charge in [-0.2, -0.15) is 0 Å². The van der Waals surface area contributed by atoms with E-state index in [-0.39, 0.29) is 17.4 Å². The lowest BCUT2D eigenvalue weighted by atomic mass is 10.2. The topological polar surface area (TPSA) is 98.7 Å². The summed E-state index contributed by atoms with van der Waals surface area (Å²) in [5.74, 6) is -0.938. The van der Waals surface area contributed by atoms with Crippen molar-refractivity contribution >= 4 is 17.8 Å². The number of anilines is 1. The molecular formula is C14H21N3O4. The van der Waals surface area contributed by atoms with E-state index in [0.717, 1.165) is 38.8 Å². The van der Waals surface area contributed by atoms with E-state index in [9.17, 15) is 9.59 Å². The first-order valence-corrected chi connectivity index (χ1v) is 7.22. The Morgan fingerprint density at radius 2 is 1.90 bits per heavy atom. The van der Waals surface area contributed by atoms with Gasteiger partial charge in [-0.05, 0) is 26.7 Å². The van der Waals surface area contributed by atoms with Crippen molar-refractivity contribution in [2.45, 2.75) is 45.6 Å². The van der Waals surface area contributed by atoms with Gasteiger partial charge in [0.15, 0.2) is 6.10 Å². The van der Waals surface area contributed by atoms with E-state index in [2.05, 4.69) is 5.16 Å². The van der Waals surface area contributed by atoms with Crippen molar-refractivity contribution in [3.05, 3.63) is 11.3 Å². The summed E-state index contributed by atoms with van der Waals surface area (Å²) >= 11 is 0. The minimum absolute atomic E-state index is 0.0884. The highest BCUT2D eigenvalue weighted by Crippen LogP contribution is 2.18. The lowest BCUT2D eigenvalue weighted by molar-refractivity contribution is -0.139. The molecule has 1 fully saturated rings. The summed E-state index contributed by atoms with van der Waals surface area (Å²) in [5, 5.41) is 3.60. The Labute approximate surface area is 123 Å². The largest absolute Gasteiger partial charge is 0.449 e. The molecule has 21 heavy (non-hydrogen) atoms. The van der Waals surface area contributed by atoms with Crippen molar-refractivity contribution in [1.82, 2.24) is 10.1 Å². The van der Waals surface area contributed by atoms with Gasteiger partial charge in [-0.25, -0.2) is 4.79 Å². The van der Waals surface area contributed by atoms with Crippen molar-refractivity contribution in [1.29, 1.82) is 0 Å². The average molecular weight is 295 g/mol. The van der Waals surface area contributed by atoms with Gasteiger partial charge in [0.1, 0.15) is 5.56 Å². The number of amides is 1. The maximum Gasteiger partial charge on any atom is 0.346 e. The molecule has 1 amide bonds. The maximum absolute atomic E-state index is 12.3. The number of esters is 1. The standard InChI is InChI=1S/C14H21N3O4/c1-9-11(12(15)21-16-9)14(19)20-10(2)13(18)17-7-5-3-4-6-8-17/h10H,3-8,15H2,1-2H3/t10-/m0/s1. The zero-order valence-corrected chi connectivity index (χ0v) is 12.4. The van der Waals surface area contributed by atoms with E-state index in [1.165, 1.54) is 0 Å². The van der Waals surface area contributed by atoms with Crippen LogP contribution in [0.2, 0.25) is 0 Å². The lowest BCUT2D eigenvalue weighted by Crippen LogP contribution is -2.40. The van der Waals surface area contributed by atoms with E-state index in [0.29, 0.717) is 5.69 Å². The fraction of sp³-hybridized carbons (Fsp3) is 0.643. The van der Waals surface area contributed by atoms with Crippen LogP contribution in [0, 0.1) is 6.92 Å². The number of carbonyl (C=O) groups excluding carboxylic acids is 2. The number of hydrogen-bond donors (Lipinski definition) is 1. The van der Waals surface area contributed by atoms with Crippen LogP contribution in [0.15, 0.2) is 4.52 Å². The molecule has 0 radical (unpaired) electrons. The number of likely N-dealkylation sites (tertiary alicyclic amines) is 1. The Morgan fingerprint density at radius 1 is 1.29 bits per heavy atom. The molecule has 1 aromatic rings.